The highest BCUT2D eigenvalue weighted by Gasteiger charge is 2.35. The monoisotopic (exact) mass is 418 g/mol. The maximum Gasteiger partial charge on any atom is 0.269 e. The van der Waals surface area contributed by atoms with Crippen molar-refractivity contribution >= 4 is 22.5 Å². The molecule has 1 aromatic carbocycles. The van der Waals surface area contributed by atoms with Crippen molar-refractivity contribution in [2.24, 2.45) is 0 Å². The number of H-pyrrole nitrogens is 1. The molecule has 3 aromatic rings. The first-order valence-electron chi connectivity index (χ1n) is 10.8. The number of pyridine rings is 1. The van der Waals surface area contributed by atoms with Crippen LogP contribution in [0.2, 0.25) is 0 Å². The van der Waals surface area contributed by atoms with Gasteiger partial charge in [-0.1, -0.05) is 12.1 Å². The molecule has 4 heterocycles. The number of anilines is 1. The lowest BCUT2D eigenvalue weighted by Crippen LogP contribution is -2.60. The molecule has 2 fully saturated rings. The van der Waals surface area contributed by atoms with Crippen molar-refractivity contribution in [1.82, 2.24) is 25.2 Å². The molecule has 5 rings (SSSR count). The van der Waals surface area contributed by atoms with Crippen LogP contribution in [0.4, 0.5) is 5.69 Å². The fourth-order valence-corrected chi connectivity index (χ4v) is 4.57. The molecule has 2 aromatic heterocycles. The Hall–Kier alpha value is -3.26. The highest BCUT2D eigenvalue weighted by atomic mass is 16.1. The average molecular weight is 419 g/mol. The summed E-state index contributed by atoms with van der Waals surface area (Å²) in [6, 6.07) is 11.8. The van der Waals surface area contributed by atoms with Gasteiger partial charge in [-0.25, -0.2) is 9.97 Å². The van der Waals surface area contributed by atoms with Gasteiger partial charge < -0.3 is 15.2 Å². The second kappa shape index (κ2) is 8.11. The number of fused-ring (bicyclic) bond motifs is 1. The number of carbonyl (C=O) groups is 1. The van der Waals surface area contributed by atoms with Gasteiger partial charge in [0, 0.05) is 32.1 Å². The summed E-state index contributed by atoms with van der Waals surface area (Å²) in [6.45, 7) is 3.95. The molecule has 0 saturated carbocycles. The number of piperidine rings is 1. The van der Waals surface area contributed by atoms with Crippen LogP contribution in [0.1, 0.15) is 35.1 Å². The minimum atomic E-state index is -0.168. The topological polar surface area (TPSA) is 94.2 Å². The van der Waals surface area contributed by atoms with Crippen molar-refractivity contribution in [3.63, 3.8) is 0 Å². The molecule has 2 aliphatic heterocycles. The summed E-state index contributed by atoms with van der Waals surface area (Å²) in [5, 5.41) is 3.24. The number of nitrogens with zero attached hydrogens (tertiary/aromatic N) is 4. The van der Waals surface area contributed by atoms with Crippen LogP contribution in [0.15, 0.2) is 47.4 Å². The van der Waals surface area contributed by atoms with E-state index in [4.69, 9.17) is 4.98 Å². The predicted molar refractivity (Wildman–Crippen MR) is 120 cm³/mol. The first kappa shape index (κ1) is 19.7. The van der Waals surface area contributed by atoms with Crippen LogP contribution in [-0.4, -0.2) is 65.0 Å². The summed E-state index contributed by atoms with van der Waals surface area (Å²) >= 11 is 0. The summed E-state index contributed by atoms with van der Waals surface area (Å²) in [7, 11) is 1.61. The van der Waals surface area contributed by atoms with Crippen molar-refractivity contribution in [3.8, 4) is 0 Å². The first-order valence-corrected chi connectivity index (χ1v) is 10.8. The predicted octanol–water partition coefficient (Wildman–Crippen LogP) is 1.75. The maximum atomic E-state index is 12.4. The van der Waals surface area contributed by atoms with Crippen molar-refractivity contribution in [2.45, 2.75) is 24.8 Å². The van der Waals surface area contributed by atoms with E-state index in [9.17, 15) is 9.59 Å². The molecule has 2 N–H and O–H groups in total. The summed E-state index contributed by atoms with van der Waals surface area (Å²) in [5.41, 5.74) is 2.21. The van der Waals surface area contributed by atoms with Gasteiger partial charge in [-0.15, -0.1) is 0 Å². The van der Waals surface area contributed by atoms with Gasteiger partial charge in [0.05, 0.1) is 22.8 Å². The van der Waals surface area contributed by atoms with E-state index in [0.717, 1.165) is 56.0 Å². The Morgan fingerprint density at radius 3 is 2.61 bits per heavy atom. The number of aromatic nitrogens is 3. The van der Waals surface area contributed by atoms with E-state index in [0.29, 0.717) is 23.0 Å². The second-order valence-electron chi connectivity index (χ2n) is 8.32. The van der Waals surface area contributed by atoms with E-state index >= 15 is 0 Å². The molecule has 2 saturated heterocycles. The number of carbonyl (C=O) groups excluding carboxylic acids is 1. The molecule has 8 heteroatoms. The van der Waals surface area contributed by atoms with E-state index in [1.165, 1.54) is 0 Å². The highest BCUT2D eigenvalue weighted by Crippen LogP contribution is 2.30. The van der Waals surface area contributed by atoms with Gasteiger partial charge in [0.25, 0.3) is 11.5 Å². The normalized spacial score (nSPS) is 18.2. The fraction of sp³-hybridized carbons (Fsp3) is 0.391. The third-order valence-corrected chi connectivity index (χ3v) is 6.50. The van der Waals surface area contributed by atoms with E-state index in [1.807, 2.05) is 30.3 Å². The molecular formula is C23H26N6O2. The minimum absolute atomic E-state index is 0.0475. The SMILES string of the molecule is CNC(=O)c1ccc(N2CC(N3CCC(c4nc5ccccc5c(=O)[nH]4)CC3)C2)cn1. The molecule has 0 atom stereocenters. The number of nitrogens with one attached hydrogen (secondary N) is 2. The molecule has 160 valence electrons. The lowest BCUT2D eigenvalue weighted by Gasteiger charge is -2.48. The molecule has 0 aliphatic carbocycles. The van der Waals surface area contributed by atoms with Gasteiger partial charge >= 0.3 is 0 Å². The molecule has 0 radical (unpaired) electrons. The Morgan fingerprint density at radius 1 is 1.13 bits per heavy atom. The van der Waals surface area contributed by atoms with Crippen molar-refractivity contribution in [2.75, 3.05) is 38.1 Å². The van der Waals surface area contributed by atoms with Gasteiger partial charge in [0.1, 0.15) is 11.5 Å². The molecule has 2 aliphatic rings. The molecular weight excluding hydrogens is 392 g/mol. The number of hydrogen-bond donors (Lipinski definition) is 2. The molecule has 0 spiro atoms. The third-order valence-electron chi connectivity index (χ3n) is 6.50. The van der Waals surface area contributed by atoms with Gasteiger partial charge in [-0.3, -0.25) is 14.5 Å². The van der Waals surface area contributed by atoms with Gasteiger partial charge in [-0.2, -0.15) is 0 Å². The number of hydrogen-bond acceptors (Lipinski definition) is 6. The van der Waals surface area contributed by atoms with Crippen LogP contribution in [0.3, 0.4) is 0 Å². The molecule has 0 bridgehead atoms. The number of para-hydroxylation sites is 1. The highest BCUT2D eigenvalue weighted by molar-refractivity contribution is 5.92. The lowest BCUT2D eigenvalue weighted by atomic mass is 9.93. The largest absolute Gasteiger partial charge is 0.367 e. The Kier molecular flexibility index (Phi) is 5.15. The van der Waals surface area contributed by atoms with E-state index < -0.39 is 0 Å². The standard InChI is InChI=1S/C23H26N6O2/c1-24-23(31)20-7-6-16(12-25-20)29-13-17(14-29)28-10-8-15(9-11-28)21-26-19-5-3-2-4-18(19)22(30)27-21/h2-7,12,15,17H,8-11,13-14H2,1H3,(H,24,31)(H,26,27,30). The number of benzene rings is 1. The van der Waals surface area contributed by atoms with Gasteiger partial charge in [0.15, 0.2) is 0 Å². The summed E-state index contributed by atoms with van der Waals surface area (Å²) in [5.74, 6) is 0.949. The molecule has 1 amide bonds. The number of amides is 1. The van der Waals surface area contributed by atoms with E-state index in [-0.39, 0.29) is 11.5 Å². The Balaban J connectivity index is 1.17. The van der Waals surface area contributed by atoms with Crippen LogP contribution in [0, 0.1) is 0 Å². The zero-order valence-electron chi connectivity index (χ0n) is 17.5. The Bertz CT molecular complexity index is 1140. The van der Waals surface area contributed by atoms with Crippen LogP contribution in [0.25, 0.3) is 10.9 Å². The van der Waals surface area contributed by atoms with Gasteiger partial charge in [-0.05, 0) is 50.2 Å². The van der Waals surface area contributed by atoms with E-state index in [2.05, 4.69) is 25.1 Å². The van der Waals surface area contributed by atoms with Crippen LogP contribution < -0.4 is 15.8 Å². The quantitative estimate of drug-likeness (QED) is 0.670. The van der Waals surface area contributed by atoms with Gasteiger partial charge in [0.2, 0.25) is 0 Å². The van der Waals surface area contributed by atoms with E-state index in [1.54, 1.807) is 19.3 Å². The van der Waals surface area contributed by atoms with Crippen molar-refractivity contribution < 1.29 is 4.79 Å². The third kappa shape index (κ3) is 3.79. The van der Waals surface area contributed by atoms with Crippen molar-refractivity contribution in [3.05, 3.63) is 64.5 Å². The number of likely N-dealkylation sites (tertiary alicyclic amines) is 1. The Labute approximate surface area is 180 Å². The van der Waals surface area contributed by atoms with Crippen molar-refractivity contribution in [1.29, 1.82) is 0 Å². The lowest BCUT2D eigenvalue weighted by molar-refractivity contribution is 0.0958. The fourth-order valence-electron chi connectivity index (χ4n) is 4.57. The molecule has 31 heavy (non-hydrogen) atoms. The minimum Gasteiger partial charge on any atom is -0.367 e. The number of aromatic amines is 1. The summed E-state index contributed by atoms with van der Waals surface area (Å²) < 4.78 is 0. The first-order chi connectivity index (χ1) is 15.1. The molecule has 0 unspecified atom stereocenters. The zero-order valence-corrected chi connectivity index (χ0v) is 17.5. The average Bonchev–Trinajstić information content (AvgIpc) is 2.78. The van der Waals surface area contributed by atoms with Crippen LogP contribution >= 0.6 is 0 Å². The van der Waals surface area contributed by atoms with Crippen LogP contribution in [-0.2, 0) is 0 Å². The zero-order chi connectivity index (χ0) is 21.4. The summed E-state index contributed by atoms with van der Waals surface area (Å²) in [4.78, 5) is 40.8. The Morgan fingerprint density at radius 2 is 1.90 bits per heavy atom. The van der Waals surface area contributed by atoms with Crippen LogP contribution in [0.5, 0.6) is 0 Å². The summed E-state index contributed by atoms with van der Waals surface area (Å²) in [6.07, 6.45) is 3.77. The number of rotatable bonds is 4. The molecule has 8 nitrogen and oxygen atoms in total. The second-order valence-corrected chi connectivity index (χ2v) is 8.32. The smallest absolute Gasteiger partial charge is 0.269 e. The maximum absolute atomic E-state index is 12.4.